The van der Waals surface area contributed by atoms with Crippen molar-refractivity contribution in [3.05, 3.63) is 12.2 Å². The van der Waals surface area contributed by atoms with Crippen LogP contribution in [0, 0.1) is 11.3 Å². The fourth-order valence-corrected chi connectivity index (χ4v) is 2.39. The number of unbranched alkanes of at least 4 members (excludes halogenated alkanes) is 9. The predicted molar refractivity (Wildman–Crippen MR) is 98.5 cm³/mol. The maximum Gasteiger partial charge on any atom is 0.287 e. The quantitative estimate of drug-likeness (QED) is 0.249. The molecule has 1 amide bonds. The Morgan fingerprint density at radius 1 is 0.917 bits per heavy atom. The van der Waals surface area contributed by atoms with E-state index in [1.165, 1.54) is 12.8 Å². The molecule has 1 N–H and O–H groups in total. The summed E-state index contributed by atoms with van der Waals surface area (Å²) in [6, 6.07) is 2.17. The van der Waals surface area contributed by atoms with Gasteiger partial charge in [0, 0.05) is 19.4 Å². The van der Waals surface area contributed by atoms with Gasteiger partial charge in [0.2, 0.25) is 5.78 Å². The number of allylic oxidation sites excluding steroid dienone is 2. The van der Waals surface area contributed by atoms with Crippen molar-refractivity contribution < 1.29 is 9.59 Å². The van der Waals surface area contributed by atoms with Crippen molar-refractivity contribution in [3.8, 4) is 6.07 Å². The Hall–Kier alpha value is -1.63. The molecule has 0 rings (SSSR count). The molecule has 0 saturated carbocycles. The summed E-state index contributed by atoms with van der Waals surface area (Å²) in [5, 5.41) is 11.1. The molecule has 4 heteroatoms. The Morgan fingerprint density at radius 3 is 2.25 bits per heavy atom. The minimum absolute atomic E-state index is 0.280. The summed E-state index contributed by atoms with van der Waals surface area (Å²) in [6.45, 7) is 2.67. The van der Waals surface area contributed by atoms with Gasteiger partial charge in [-0.25, -0.2) is 0 Å². The number of hydrogen-bond acceptors (Lipinski definition) is 3. The lowest BCUT2D eigenvalue weighted by atomic mass is 10.1. The van der Waals surface area contributed by atoms with E-state index in [1.54, 1.807) is 0 Å². The number of carbonyl (C=O) groups is 2. The molecule has 0 fully saturated rings. The molecule has 136 valence electrons. The molecule has 24 heavy (non-hydrogen) atoms. The summed E-state index contributed by atoms with van der Waals surface area (Å²) >= 11 is 0. The predicted octanol–water partition coefficient (Wildman–Crippen LogP) is 4.84. The Bertz CT molecular complexity index is 397. The number of nitrogens with zero attached hydrogens (tertiary/aromatic N) is 1. The second-order valence-corrected chi connectivity index (χ2v) is 6.21. The monoisotopic (exact) mass is 334 g/mol. The molecular weight excluding hydrogens is 300 g/mol. The third-order valence-electron chi connectivity index (χ3n) is 3.92. The molecule has 0 aliphatic heterocycles. The summed E-state index contributed by atoms with van der Waals surface area (Å²) in [5.74, 6) is -0.698. The van der Waals surface area contributed by atoms with Crippen LogP contribution >= 0.6 is 0 Å². The van der Waals surface area contributed by atoms with E-state index in [1.807, 2.05) is 0 Å². The second-order valence-electron chi connectivity index (χ2n) is 6.21. The van der Waals surface area contributed by atoms with E-state index in [-0.39, 0.29) is 5.78 Å². The summed E-state index contributed by atoms with van der Waals surface area (Å²) in [4.78, 5) is 23.1. The van der Waals surface area contributed by atoms with E-state index in [0.29, 0.717) is 19.4 Å². The first-order valence-electron chi connectivity index (χ1n) is 9.55. The molecule has 0 aromatic carbocycles. The van der Waals surface area contributed by atoms with Crippen LogP contribution in [0.2, 0.25) is 0 Å². The summed E-state index contributed by atoms with van der Waals surface area (Å²) in [6.07, 6.45) is 17.0. The van der Waals surface area contributed by atoms with Gasteiger partial charge in [-0.3, -0.25) is 9.59 Å². The molecule has 0 aliphatic rings. The number of hydrogen-bond donors (Lipinski definition) is 1. The fourth-order valence-electron chi connectivity index (χ4n) is 2.39. The molecule has 0 radical (unpaired) electrons. The van der Waals surface area contributed by atoms with Crippen LogP contribution in [-0.2, 0) is 9.59 Å². The molecule has 0 aliphatic carbocycles. The zero-order valence-corrected chi connectivity index (χ0v) is 15.3. The first-order chi connectivity index (χ1) is 11.7. The molecule has 0 saturated heterocycles. The fraction of sp³-hybridized carbons (Fsp3) is 0.750. The van der Waals surface area contributed by atoms with E-state index in [2.05, 4.69) is 30.5 Å². The van der Waals surface area contributed by atoms with Crippen LogP contribution in [0.5, 0.6) is 0 Å². The van der Waals surface area contributed by atoms with Gasteiger partial charge in [-0.05, 0) is 44.9 Å². The summed E-state index contributed by atoms with van der Waals surface area (Å²) in [7, 11) is 0. The molecule has 0 bridgehead atoms. The maximum absolute atomic E-state index is 11.5. The lowest BCUT2D eigenvalue weighted by Gasteiger charge is -2.03. The van der Waals surface area contributed by atoms with Crippen molar-refractivity contribution in [2.45, 2.75) is 90.4 Å². The maximum atomic E-state index is 11.5. The van der Waals surface area contributed by atoms with Gasteiger partial charge in [-0.1, -0.05) is 44.8 Å². The van der Waals surface area contributed by atoms with Crippen LogP contribution in [0.25, 0.3) is 0 Å². The number of nitrogens with one attached hydrogen (secondary N) is 1. The van der Waals surface area contributed by atoms with Crippen molar-refractivity contribution in [2.75, 3.05) is 6.54 Å². The van der Waals surface area contributed by atoms with E-state index in [9.17, 15) is 9.59 Å². The summed E-state index contributed by atoms with van der Waals surface area (Å²) in [5.41, 5.74) is 0. The van der Waals surface area contributed by atoms with E-state index >= 15 is 0 Å². The zero-order chi connectivity index (χ0) is 17.9. The minimum atomic E-state index is -0.418. The third kappa shape index (κ3) is 15.3. The van der Waals surface area contributed by atoms with E-state index in [0.717, 1.165) is 57.8 Å². The highest BCUT2D eigenvalue weighted by molar-refractivity contribution is 6.36. The molecule has 0 aromatic rings. The number of carbonyl (C=O) groups excluding carboxylic acids is 2. The van der Waals surface area contributed by atoms with Crippen LogP contribution in [0.4, 0.5) is 0 Å². The first kappa shape index (κ1) is 22.4. The van der Waals surface area contributed by atoms with Crippen LogP contribution in [0.15, 0.2) is 12.2 Å². The topological polar surface area (TPSA) is 70.0 Å². The highest BCUT2D eigenvalue weighted by Crippen LogP contribution is 2.06. The van der Waals surface area contributed by atoms with Crippen LogP contribution in [0.1, 0.15) is 90.4 Å². The van der Waals surface area contributed by atoms with Crippen molar-refractivity contribution in [1.29, 1.82) is 5.26 Å². The molecule has 0 spiro atoms. The van der Waals surface area contributed by atoms with Gasteiger partial charge in [0.05, 0.1) is 6.07 Å². The van der Waals surface area contributed by atoms with E-state index in [4.69, 9.17) is 5.26 Å². The van der Waals surface area contributed by atoms with Gasteiger partial charge < -0.3 is 5.32 Å². The highest BCUT2D eigenvalue weighted by Gasteiger charge is 2.11. The van der Waals surface area contributed by atoms with Crippen LogP contribution in [-0.4, -0.2) is 18.2 Å². The van der Waals surface area contributed by atoms with Crippen molar-refractivity contribution in [3.63, 3.8) is 0 Å². The largest absolute Gasteiger partial charge is 0.350 e. The molecule has 0 unspecified atom stereocenters. The molecular formula is C20H34N2O2. The third-order valence-corrected chi connectivity index (χ3v) is 3.92. The van der Waals surface area contributed by atoms with Gasteiger partial charge >= 0.3 is 0 Å². The normalized spacial score (nSPS) is 10.7. The Kier molecular flexibility index (Phi) is 16.5. The number of nitriles is 1. The average Bonchev–Trinajstić information content (AvgIpc) is 2.58. The van der Waals surface area contributed by atoms with Gasteiger partial charge in [0.1, 0.15) is 0 Å². The number of ketones is 1. The SMILES string of the molecule is CCCCCC(=O)C(=O)NCCCC/C=C\CCCCCCC#N. The van der Waals surface area contributed by atoms with E-state index < -0.39 is 5.91 Å². The minimum Gasteiger partial charge on any atom is -0.350 e. The van der Waals surface area contributed by atoms with Crippen LogP contribution in [0.3, 0.4) is 0 Å². The molecule has 4 nitrogen and oxygen atoms in total. The van der Waals surface area contributed by atoms with Gasteiger partial charge in [-0.15, -0.1) is 0 Å². The van der Waals surface area contributed by atoms with Crippen molar-refractivity contribution >= 4 is 11.7 Å². The standard InChI is InChI=1S/C20H34N2O2/c1-2-3-13-16-19(23)20(24)22-18-15-12-10-8-6-4-5-7-9-11-14-17-21/h6,8H,2-5,7,9-16,18H2,1H3,(H,22,24)/b8-6-. The van der Waals surface area contributed by atoms with Crippen molar-refractivity contribution in [1.82, 2.24) is 5.32 Å². The second kappa shape index (κ2) is 17.7. The molecule has 0 atom stereocenters. The average molecular weight is 335 g/mol. The number of rotatable bonds is 16. The smallest absolute Gasteiger partial charge is 0.287 e. The Balaban J connectivity index is 3.37. The Labute approximate surface area is 147 Å². The Morgan fingerprint density at radius 2 is 1.58 bits per heavy atom. The number of Topliss-reactive ketones (excluding diaryl/α,β-unsaturated/α-hetero) is 1. The zero-order valence-electron chi connectivity index (χ0n) is 15.3. The van der Waals surface area contributed by atoms with Crippen LogP contribution < -0.4 is 5.32 Å². The van der Waals surface area contributed by atoms with Gasteiger partial charge in [0.15, 0.2) is 0 Å². The van der Waals surface area contributed by atoms with Gasteiger partial charge in [-0.2, -0.15) is 5.26 Å². The lowest BCUT2D eigenvalue weighted by molar-refractivity contribution is -0.138. The lowest BCUT2D eigenvalue weighted by Crippen LogP contribution is -2.31. The van der Waals surface area contributed by atoms with Gasteiger partial charge in [0.25, 0.3) is 5.91 Å². The highest BCUT2D eigenvalue weighted by atomic mass is 16.2. The first-order valence-corrected chi connectivity index (χ1v) is 9.55. The molecule has 0 aromatic heterocycles. The number of amides is 1. The summed E-state index contributed by atoms with van der Waals surface area (Å²) < 4.78 is 0. The molecule has 0 heterocycles. The van der Waals surface area contributed by atoms with Crippen molar-refractivity contribution in [2.24, 2.45) is 0 Å².